The zero-order chi connectivity index (χ0) is 38.8. The Morgan fingerprint density at radius 1 is 0.842 bits per heavy atom. The molecule has 2 atom stereocenters. The standard InChI is InChI=1S/C43H46FN9O4/c44-30-6-1-4-28(20-30)35-7-3-17-51(35)39-12-11-38-45-22-37(53(38)47-39)29-5-2-16-49(26-29)31-14-18-48(19-15-31)23-27-24-50(25-27)32-8-9-33-34(21-32)43(57)52(42(33)56)36-10-13-40(54)46-41(36)55/h1,4-6,8-9,11-12,20-22,27,31,35-36H,2-3,7,10,13-19,23-26H2,(H,46,54,55). The molecule has 57 heavy (non-hydrogen) atoms. The van der Waals surface area contributed by atoms with Crippen LogP contribution in [0.3, 0.4) is 0 Å². The van der Waals surface area contributed by atoms with Crippen LogP contribution >= 0.6 is 0 Å². The Hall–Kier alpha value is -5.47. The summed E-state index contributed by atoms with van der Waals surface area (Å²) in [6, 6.07) is 16.0. The van der Waals surface area contributed by atoms with Crippen molar-refractivity contribution in [2.75, 3.05) is 62.2 Å². The number of aromatic nitrogens is 3. The molecule has 14 heteroatoms. The van der Waals surface area contributed by atoms with Crippen LogP contribution in [0.15, 0.2) is 66.9 Å². The number of amides is 4. The fourth-order valence-corrected chi connectivity index (χ4v) is 9.99. The molecule has 2 aromatic carbocycles. The number of halogens is 1. The van der Waals surface area contributed by atoms with Crippen molar-refractivity contribution in [1.29, 1.82) is 0 Å². The van der Waals surface area contributed by atoms with Gasteiger partial charge in [0.25, 0.3) is 11.8 Å². The minimum absolute atomic E-state index is 0.0995. The van der Waals surface area contributed by atoms with Crippen molar-refractivity contribution in [3.8, 4) is 0 Å². The van der Waals surface area contributed by atoms with E-state index >= 15 is 0 Å². The molecule has 4 amide bonds. The van der Waals surface area contributed by atoms with Crippen LogP contribution in [0.25, 0.3) is 11.2 Å². The summed E-state index contributed by atoms with van der Waals surface area (Å²) in [4.78, 5) is 66.0. The van der Waals surface area contributed by atoms with E-state index in [4.69, 9.17) is 10.1 Å². The molecule has 8 heterocycles. The van der Waals surface area contributed by atoms with Gasteiger partial charge in [-0.05, 0) is 105 Å². The maximum absolute atomic E-state index is 14.1. The molecule has 0 spiro atoms. The van der Waals surface area contributed by atoms with Gasteiger partial charge < -0.3 is 14.7 Å². The molecule has 0 radical (unpaired) electrons. The number of carbonyl (C=O) groups is 4. The smallest absolute Gasteiger partial charge is 0.262 e. The Morgan fingerprint density at radius 3 is 2.51 bits per heavy atom. The Kier molecular flexibility index (Phi) is 9.12. The van der Waals surface area contributed by atoms with E-state index in [-0.39, 0.29) is 30.6 Å². The normalized spacial score (nSPS) is 24.0. The van der Waals surface area contributed by atoms with Crippen LogP contribution in [0, 0.1) is 11.7 Å². The zero-order valence-electron chi connectivity index (χ0n) is 31.9. The van der Waals surface area contributed by atoms with Gasteiger partial charge in [-0.15, -0.1) is 5.10 Å². The molecule has 2 aromatic heterocycles. The Balaban J connectivity index is 0.728. The summed E-state index contributed by atoms with van der Waals surface area (Å²) in [5, 5.41) is 7.37. The summed E-state index contributed by atoms with van der Waals surface area (Å²) in [6.45, 7) is 7.73. The fourth-order valence-electron chi connectivity index (χ4n) is 9.99. The first-order valence-electron chi connectivity index (χ1n) is 20.4. The minimum Gasteiger partial charge on any atom is -0.371 e. The predicted molar refractivity (Wildman–Crippen MR) is 211 cm³/mol. The number of hydrogen-bond donors (Lipinski definition) is 1. The van der Waals surface area contributed by atoms with E-state index in [9.17, 15) is 23.6 Å². The number of imidazole rings is 1. The molecule has 0 aliphatic carbocycles. The SMILES string of the molecule is O=C1CCC(N2C(=O)c3ccc(N4CC(CN5CCC(N6CCC=C(c7cnc8ccc(N9CCCC9c9cccc(F)c9)nn78)C6)CC5)C4)cc3C2=O)C(=O)N1. The van der Waals surface area contributed by atoms with Crippen molar-refractivity contribution < 1.29 is 23.6 Å². The molecule has 6 aliphatic rings. The van der Waals surface area contributed by atoms with Crippen molar-refractivity contribution in [2.24, 2.45) is 5.92 Å². The molecule has 294 valence electrons. The number of fused-ring (bicyclic) bond motifs is 2. The number of piperidine rings is 2. The summed E-state index contributed by atoms with van der Waals surface area (Å²) in [5.41, 5.74) is 5.66. The molecule has 1 N–H and O–H groups in total. The van der Waals surface area contributed by atoms with Crippen LogP contribution in [0.5, 0.6) is 0 Å². The van der Waals surface area contributed by atoms with Crippen LogP contribution in [0.2, 0.25) is 0 Å². The van der Waals surface area contributed by atoms with Gasteiger partial charge in [-0.25, -0.2) is 13.9 Å². The number of hydrogen-bond acceptors (Lipinski definition) is 10. The number of nitrogens with one attached hydrogen (secondary N) is 1. The van der Waals surface area contributed by atoms with Crippen molar-refractivity contribution >= 4 is 46.4 Å². The maximum atomic E-state index is 14.1. The second-order valence-corrected chi connectivity index (χ2v) is 16.5. The van der Waals surface area contributed by atoms with Crippen LogP contribution in [-0.4, -0.2) is 117 Å². The summed E-state index contributed by atoms with van der Waals surface area (Å²) in [6.07, 6.45) is 9.80. The molecule has 4 aromatic rings. The molecule has 10 rings (SSSR count). The Labute approximate surface area is 330 Å². The first kappa shape index (κ1) is 35.9. The van der Waals surface area contributed by atoms with Gasteiger partial charge in [0, 0.05) is 63.3 Å². The van der Waals surface area contributed by atoms with Crippen LogP contribution < -0.4 is 15.1 Å². The van der Waals surface area contributed by atoms with Gasteiger partial charge >= 0.3 is 0 Å². The van der Waals surface area contributed by atoms with E-state index in [1.54, 1.807) is 24.3 Å². The molecule has 6 aliphatic heterocycles. The van der Waals surface area contributed by atoms with Gasteiger partial charge in [-0.2, -0.15) is 0 Å². The molecule has 0 saturated carbocycles. The van der Waals surface area contributed by atoms with Crippen LogP contribution in [0.4, 0.5) is 15.9 Å². The average Bonchev–Trinajstić information content (AvgIpc) is 3.93. The van der Waals surface area contributed by atoms with E-state index in [1.807, 2.05) is 35.0 Å². The highest BCUT2D eigenvalue weighted by atomic mass is 19.1. The number of rotatable bonds is 8. The van der Waals surface area contributed by atoms with Crippen LogP contribution in [0.1, 0.15) is 83.0 Å². The average molecular weight is 772 g/mol. The van der Waals surface area contributed by atoms with Gasteiger partial charge in [0.05, 0.1) is 29.1 Å². The number of carbonyl (C=O) groups excluding carboxylic acids is 4. The quantitative estimate of drug-likeness (QED) is 0.259. The monoisotopic (exact) mass is 771 g/mol. The van der Waals surface area contributed by atoms with E-state index < -0.39 is 23.8 Å². The lowest BCUT2D eigenvalue weighted by atomic mass is 9.94. The zero-order valence-corrected chi connectivity index (χ0v) is 31.9. The number of benzene rings is 2. The third kappa shape index (κ3) is 6.58. The number of anilines is 2. The highest BCUT2D eigenvalue weighted by molar-refractivity contribution is 6.23. The van der Waals surface area contributed by atoms with Crippen molar-refractivity contribution in [2.45, 2.75) is 63.1 Å². The lowest BCUT2D eigenvalue weighted by molar-refractivity contribution is -0.136. The Bertz CT molecular complexity index is 2310. The van der Waals surface area contributed by atoms with Gasteiger partial charge in [-0.3, -0.25) is 34.3 Å². The second-order valence-electron chi connectivity index (χ2n) is 16.5. The Morgan fingerprint density at radius 2 is 1.68 bits per heavy atom. The van der Waals surface area contributed by atoms with Gasteiger partial charge in [-0.1, -0.05) is 18.2 Å². The first-order chi connectivity index (χ1) is 27.8. The van der Waals surface area contributed by atoms with E-state index in [0.29, 0.717) is 23.1 Å². The van der Waals surface area contributed by atoms with Gasteiger partial charge in [0.15, 0.2) is 5.65 Å². The lowest BCUT2D eigenvalue weighted by Crippen LogP contribution is -2.54. The first-order valence-corrected chi connectivity index (χ1v) is 20.4. The van der Waals surface area contributed by atoms with E-state index in [2.05, 4.69) is 31.0 Å². The number of imide groups is 2. The fraction of sp³-hybridized carbons (Fsp3) is 0.442. The summed E-state index contributed by atoms with van der Waals surface area (Å²) in [7, 11) is 0. The number of likely N-dealkylation sites (tertiary alicyclic amines) is 1. The molecule has 2 unspecified atom stereocenters. The molecule has 4 saturated heterocycles. The predicted octanol–water partition coefficient (Wildman–Crippen LogP) is 4.30. The largest absolute Gasteiger partial charge is 0.371 e. The van der Waals surface area contributed by atoms with Gasteiger partial charge in [0.1, 0.15) is 17.7 Å². The third-order valence-corrected chi connectivity index (χ3v) is 13.0. The van der Waals surface area contributed by atoms with Crippen LogP contribution in [-0.2, 0) is 9.59 Å². The summed E-state index contributed by atoms with van der Waals surface area (Å²) in [5.74, 6) is -0.724. The molecule has 13 nitrogen and oxygen atoms in total. The topological polar surface area (TPSA) is 127 Å². The number of nitrogens with zero attached hydrogens (tertiary/aromatic N) is 8. The summed E-state index contributed by atoms with van der Waals surface area (Å²) < 4.78 is 16.1. The lowest BCUT2D eigenvalue weighted by Gasteiger charge is -2.45. The maximum Gasteiger partial charge on any atom is 0.262 e. The van der Waals surface area contributed by atoms with E-state index in [1.165, 1.54) is 11.6 Å². The molecular formula is C43H46FN9O4. The van der Waals surface area contributed by atoms with Crippen molar-refractivity contribution in [1.82, 2.24) is 34.6 Å². The molecule has 4 fully saturated rings. The van der Waals surface area contributed by atoms with Crippen molar-refractivity contribution in [3.05, 3.63) is 95.1 Å². The second kappa shape index (κ2) is 14.5. The minimum atomic E-state index is -0.961. The van der Waals surface area contributed by atoms with E-state index in [0.717, 1.165) is 118 Å². The molecule has 0 bridgehead atoms. The highest BCUT2D eigenvalue weighted by Gasteiger charge is 2.45. The van der Waals surface area contributed by atoms with Crippen molar-refractivity contribution in [3.63, 3.8) is 0 Å². The highest BCUT2D eigenvalue weighted by Crippen LogP contribution is 2.37. The third-order valence-electron chi connectivity index (χ3n) is 13.0. The van der Waals surface area contributed by atoms with Gasteiger partial charge in [0.2, 0.25) is 11.8 Å². The molecular weight excluding hydrogens is 726 g/mol. The summed E-state index contributed by atoms with van der Waals surface area (Å²) >= 11 is 0.